The van der Waals surface area contributed by atoms with Crippen molar-refractivity contribution in [1.29, 1.82) is 0 Å². The molecule has 29 heavy (non-hydrogen) atoms. The van der Waals surface area contributed by atoms with Gasteiger partial charge in [0.15, 0.2) is 0 Å². The molecule has 2 atom stereocenters. The number of carbonyl (C=O) groups excluding carboxylic acids is 1. The molecule has 1 amide bonds. The molecule has 0 bridgehead atoms. The molecule has 4 nitrogen and oxygen atoms in total. The predicted octanol–water partition coefficient (Wildman–Crippen LogP) is 5.31. The highest BCUT2D eigenvalue weighted by Gasteiger charge is 2.33. The van der Waals surface area contributed by atoms with Crippen LogP contribution in [0.4, 0.5) is 5.00 Å². The van der Waals surface area contributed by atoms with E-state index in [1.165, 1.54) is 10.4 Å². The molecule has 2 heterocycles. The number of hydrogen-bond donors (Lipinski definition) is 2. The van der Waals surface area contributed by atoms with Crippen molar-refractivity contribution >= 4 is 22.2 Å². The Bertz CT molecular complexity index is 1040. The van der Waals surface area contributed by atoms with Crippen molar-refractivity contribution in [2.24, 2.45) is 5.92 Å². The van der Waals surface area contributed by atoms with Crippen LogP contribution in [0.25, 0.3) is 0 Å². The fourth-order valence-electron chi connectivity index (χ4n) is 4.15. The van der Waals surface area contributed by atoms with Crippen LogP contribution in [0.1, 0.15) is 51.4 Å². The van der Waals surface area contributed by atoms with Crippen molar-refractivity contribution in [2.45, 2.75) is 39.0 Å². The van der Waals surface area contributed by atoms with Crippen molar-refractivity contribution in [3.05, 3.63) is 81.7 Å². The lowest BCUT2D eigenvalue weighted by Gasteiger charge is -2.27. The van der Waals surface area contributed by atoms with E-state index >= 15 is 0 Å². The Kier molecular flexibility index (Phi) is 4.76. The fraction of sp³-hybridized carbons (Fsp3) is 0.292. The Labute approximate surface area is 174 Å². The number of amides is 1. The van der Waals surface area contributed by atoms with Crippen LogP contribution in [-0.2, 0) is 19.4 Å². The molecule has 5 rings (SSSR count). The number of fused-ring (bicyclic) bond motifs is 3. The number of carbonyl (C=O) groups is 1. The Morgan fingerprint density at radius 1 is 1.10 bits per heavy atom. The van der Waals surface area contributed by atoms with Gasteiger partial charge in [-0.2, -0.15) is 0 Å². The zero-order valence-corrected chi connectivity index (χ0v) is 17.2. The zero-order valence-electron chi connectivity index (χ0n) is 16.4. The lowest BCUT2D eigenvalue weighted by atomic mass is 9.88. The van der Waals surface area contributed by atoms with Gasteiger partial charge in [-0.3, -0.25) is 4.79 Å². The third kappa shape index (κ3) is 3.62. The van der Waals surface area contributed by atoms with Gasteiger partial charge in [0.2, 0.25) is 0 Å². The molecule has 5 heteroatoms. The zero-order chi connectivity index (χ0) is 19.8. The molecule has 1 aliphatic heterocycles. The summed E-state index contributed by atoms with van der Waals surface area (Å²) in [6, 6.07) is 18.1. The number of ether oxygens (including phenoxy) is 1. The molecule has 0 spiro atoms. The molecule has 1 aliphatic carbocycles. The van der Waals surface area contributed by atoms with Crippen LogP contribution >= 0.6 is 11.3 Å². The van der Waals surface area contributed by atoms with Crippen molar-refractivity contribution in [3.63, 3.8) is 0 Å². The second-order valence-corrected chi connectivity index (χ2v) is 9.06. The van der Waals surface area contributed by atoms with Gasteiger partial charge in [-0.15, -0.1) is 11.3 Å². The molecule has 148 valence electrons. The van der Waals surface area contributed by atoms with Crippen molar-refractivity contribution in [1.82, 2.24) is 5.32 Å². The maximum atomic E-state index is 12.9. The summed E-state index contributed by atoms with van der Waals surface area (Å²) in [4.78, 5) is 14.3. The summed E-state index contributed by atoms with van der Waals surface area (Å²) < 4.78 is 5.96. The summed E-state index contributed by atoms with van der Waals surface area (Å²) in [5.41, 5.74) is 4.25. The first-order chi connectivity index (χ1) is 14.2. The van der Waals surface area contributed by atoms with Crippen LogP contribution in [-0.4, -0.2) is 5.91 Å². The number of anilines is 1. The molecule has 0 radical (unpaired) electrons. The van der Waals surface area contributed by atoms with E-state index in [2.05, 4.69) is 17.6 Å². The lowest BCUT2D eigenvalue weighted by molar-refractivity contribution is 0.0935. The Hall–Kier alpha value is -2.79. The van der Waals surface area contributed by atoms with E-state index in [9.17, 15) is 4.79 Å². The number of hydrogen-bond acceptors (Lipinski definition) is 4. The predicted molar refractivity (Wildman–Crippen MR) is 117 cm³/mol. The Morgan fingerprint density at radius 3 is 2.83 bits per heavy atom. The van der Waals surface area contributed by atoms with Crippen molar-refractivity contribution in [3.8, 4) is 5.75 Å². The minimum atomic E-state index is -0.243. The Morgan fingerprint density at radius 2 is 1.97 bits per heavy atom. The summed E-state index contributed by atoms with van der Waals surface area (Å²) in [6.45, 7) is 2.81. The van der Waals surface area contributed by atoms with E-state index in [1.54, 1.807) is 11.3 Å². The van der Waals surface area contributed by atoms with E-state index in [1.807, 2.05) is 54.6 Å². The van der Waals surface area contributed by atoms with Crippen LogP contribution in [0.5, 0.6) is 5.75 Å². The average Bonchev–Trinajstić information content (AvgIpc) is 3.11. The second kappa shape index (κ2) is 7.56. The van der Waals surface area contributed by atoms with E-state index < -0.39 is 0 Å². The van der Waals surface area contributed by atoms with E-state index in [4.69, 9.17) is 4.74 Å². The van der Waals surface area contributed by atoms with Crippen LogP contribution in [0, 0.1) is 5.92 Å². The smallest absolute Gasteiger partial charge is 0.256 e. The van der Waals surface area contributed by atoms with Crippen LogP contribution in [0.15, 0.2) is 54.6 Å². The maximum Gasteiger partial charge on any atom is 0.256 e. The van der Waals surface area contributed by atoms with Gasteiger partial charge in [0, 0.05) is 4.88 Å². The summed E-state index contributed by atoms with van der Waals surface area (Å²) >= 11 is 1.75. The maximum absolute atomic E-state index is 12.9. The molecule has 0 saturated heterocycles. The van der Waals surface area contributed by atoms with Gasteiger partial charge in [0.1, 0.15) is 23.5 Å². The van der Waals surface area contributed by atoms with Crippen LogP contribution < -0.4 is 15.4 Å². The van der Waals surface area contributed by atoms with Gasteiger partial charge in [-0.05, 0) is 54.0 Å². The third-order valence-corrected chi connectivity index (χ3v) is 6.91. The van der Waals surface area contributed by atoms with Crippen LogP contribution in [0.3, 0.4) is 0 Å². The largest absolute Gasteiger partial charge is 0.489 e. The Balaban J connectivity index is 1.35. The summed E-state index contributed by atoms with van der Waals surface area (Å²) in [6.07, 6.45) is 3.00. The monoisotopic (exact) mass is 404 g/mol. The van der Waals surface area contributed by atoms with E-state index in [0.29, 0.717) is 12.5 Å². The van der Waals surface area contributed by atoms with Gasteiger partial charge >= 0.3 is 0 Å². The molecule has 2 aliphatic rings. The topological polar surface area (TPSA) is 50.4 Å². The molecule has 2 N–H and O–H groups in total. The van der Waals surface area contributed by atoms with Gasteiger partial charge in [0.05, 0.1) is 5.56 Å². The molecular weight excluding hydrogens is 380 g/mol. The van der Waals surface area contributed by atoms with Gasteiger partial charge in [-0.1, -0.05) is 49.4 Å². The minimum Gasteiger partial charge on any atom is -0.489 e. The number of thiophene rings is 1. The highest BCUT2D eigenvalue weighted by Crippen LogP contribution is 2.42. The first-order valence-electron chi connectivity index (χ1n) is 10.2. The second-order valence-electron chi connectivity index (χ2n) is 7.95. The first kappa shape index (κ1) is 18.3. The average molecular weight is 405 g/mol. The first-order valence-corrected chi connectivity index (χ1v) is 11.0. The molecule has 2 aromatic carbocycles. The van der Waals surface area contributed by atoms with E-state index in [0.717, 1.165) is 46.7 Å². The molecule has 3 aromatic rings. The molecule has 1 aromatic heterocycles. The fourth-order valence-corrected chi connectivity index (χ4v) is 5.59. The molecule has 0 unspecified atom stereocenters. The van der Waals surface area contributed by atoms with Gasteiger partial charge < -0.3 is 15.4 Å². The number of nitrogens with one attached hydrogen (secondary N) is 2. The molecule has 0 saturated carbocycles. The standard InChI is InChI=1S/C24H24N2O2S/c1-15-10-11-19-20(12-15)29-24-21(19)23(27)25-22(26-24)17-8-5-9-18(13-17)28-14-16-6-3-2-4-7-16/h2-9,13,15,22,26H,10-12,14H2,1H3,(H,25,27)/t15-,22-/m0/s1. The van der Waals surface area contributed by atoms with Crippen LogP contribution in [0.2, 0.25) is 0 Å². The summed E-state index contributed by atoms with van der Waals surface area (Å²) in [5, 5.41) is 7.69. The highest BCUT2D eigenvalue weighted by atomic mass is 32.1. The molecular formula is C24H24N2O2S. The van der Waals surface area contributed by atoms with E-state index in [-0.39, 0.29) is 12.1 Å². The van der Waals surface area contributed by atoms with Crippen molar-refractivity contribution in [2.75, 3.05) is 5.32 Å². The third-order valence-electron chi connectivity index (χ3n) is 5.73. The number of rotatable bonds is 4. The SMILES string of the molecule is C[C@H]1CCc2c(sc3c2C(=O)N[C@H](c2cccc(OCc4ccccc4)c2)N3)C1. The quantitative estimate of drug-likeness (QED) is 0.620. The summed E-state index contributed by atoms with van der Waals surface area (Å²) in [5.74, 6) is 1.53. The summed E-state index contributed by atoms with van der Waals surface area (Å²) in [7, 11) is 0. The minimum absolute atomic E-state index is 0.0337. The van der Waals surface area contributed by atoms with Gasteiger partial charge in [0.25, 0.3) is 5.91 Å². The van der Waals surface area contributed by atoms with Gasteiger partial charge in [-0.25, -0.2) is 0 Å². The lowest BCUT2D eigenvalue weighted by Crippen LogP contribution is -2.38. The van der Waals surface area contributed by atoms with Crippen molar-refractivity contribution < 1.29 is 9.53 Å². The normalized spacial score (nSPS) is 20.2. The molecule has 0 fully saturated rings. The number of benzene rings is 2. The highest BCUT2D eigenvalue weighted by molar-refractivity contribution is 7.16.